The number of hydrogen-bond acceptors (Lipinski definition) is 4. The Balaban J connectivity index is 1.38. The molecular formula is C23H29N3O3. The van der Waals surface area contributed by atoms with E-state index in [1.165, 1.54) is 24.9 Å². The van der Waals surface area contributed by atoms with Gasteiger partial charge in [-0.25, -0.2) is 4.79 Å². The highest BCUT2D eigenvalue weighted by atomic mass is 16.6. The Bertz CT molecular complexity index is 858. The minimum Gasteiger partial charge on any atom is -0.486 e. The van der Waals surface area contributed by atoms with Crippen molar-refractivity contribution in [1.82, 2.24) is 5.32 Å². The van der Waals surface area contributed by atoms with Crippen LogP contribution in [0.15, 0.2) is 42.5 Å². The predicted octanol–water partition coefficient (Wildman–Crippen LogP) is 4.50. The normalized spacial score (nSPS) is 16.3. The lowest BCUT2D eigenvalue weighted by atomic mass is 9.94. The fourth-order valence-corrected chi connectivity index (χ4v) is 3.86. The van der Waals surface area contributed by atoms with E-state index in [4.69, 9.17) is 9.47 Å². The van der Waals surface area contributed by atoms with E-state index < -0.39 is 5.54 Å². The maximum Gasteiger partial charge on any atom is 0.319 e. The molecule has 0 bridgehead atoms. The number of carbonyl (C=O) groups is 1. The Labute approximate surface area is 172 Å². The van der Waals surface area contributed by atoms with Crippen molar-refractivity contribution in [2.45, 2.75) is 38.6 Å². The molecule has 2 aromatic carbocycles. The van der Waals surface area contributed by atoms with Gasteiger partial charge < -0.3 is 25.0 Å². The van der Waals surface area contributed by atoms with Gasteiger partial charge in [-0.2, -0.15) is 0 Å². The van der Waals surface area contributed by atoms with Crippen LogP contribution in [0.1, 0.15) is 38.7 Å². The number of hydrogen-bond donors (Lipinski definition) is 2. The van der Waals surface area contributed by atoms with E-state index in [1.54, 1.807) is 0 Å². The molecule has 1 saturated heterocycles. The summed E-state index contributed by atoms with van der Waals surface area (Å²) in [5.41, 5.74) is 2.39. The van der Waals surface area contributed by atoms with Gasteiger partial charge in [0.15, 0.2) is 11.5 Å². The average Bonchev–Trinajstić information content (AvgIpc) is 2.74. The number of urea groups is 1. The van der Waals surface area contributed by atoms with E-state index in [9.17, 15) is 4.79 Å². The minimum absolute atomic E-state index is 0.240. The number of fused-ring (bicyclic) bond motifs is 1. The number of rotatable bonds is 4. The third-order valence-electron chi connectivity index (χ3n) is 5.54. The zero-order valence-corrected chi connectivity index (χ0v) is 17.2. The molecule has 0 atom stereocenters. The summed E-state index contributed by atoms with van der Waals surface area (Å²) in [4.78, 5) is 15.0. The number of benzene rings is 2. The van der Waals surface area contributed by atoms with E-state index in [0.717, 1.165) is 35.8 Å². The lowest BCUT2D eigenvalue weighted by molar-refractivity contribution is 0.171. The monoisotopic (exact) mass is 395 g/mol. The molecule has 0 saturated carbocycles. The summed E-state index contributed by atoms with van der Waals surface area (Å²) in [5, 5.41) is 5.98. The Morgan fingerprint density at radius 1 is 0.931 bits per heavy atom. The second kappa shape index (κ2) is 8.23. The third-order valence-corrected chi connectivity index (χ3v) is 5.54. The second-order valence-corrected chi connectivity index (χ2v) is 8.16. The average molecular weight is 396 g/mol. The minimum atomic E-state index is -0.562. The van der Waals surface area contributed by atoms with Gasteiger partial charge in [-0.3, -0.25) is 0 Å². The lowest BCUT2D eigenvalue weighted by Crippen LogP contribution is -2.43. The van der Waals surface area contributed by atoms with Crippen molar-refractivity contribution in [2.75, 3.05) is 36.5 Å². The van der Waals surface area contributed by atoms with Gasteiger partial charge in [-0.15, -0.1) is 0 Å². The molecule has 2 heterocycles. The molecule has 0 aromatic heterocycles. The molecule has 2 N–H and O–H groups in total. The van der Waals surface area contributed by atoms with Gasteiger partial charge in [-0.1, -0.05) is 6.07 Å². The Morgan fingerprint density at radius 2 is 1.62 bits per heavy atom. The van der Waals surface area contributed by atoms with Crippen molar-refractivity contribution in [3.8, 4) is 11.5 Å². The summed E-state index contributed by atoms with van der Waals surface area (Å²) < 4.78 is 11.2. The number of carbonyl (C=O) groups excluding carboxylic acids is 1. The topological polar surface area (TPSA) is 62.8 Å². The van der Waals surface area contributed by atoms with Gasteiger partial charge in [-0.05, 0) is 75.1 Å². The van der Waals surface area contributed by atoms with Crippen LogP contribution in [0.3, 0.4) is 0 Å². The Kier molecular flexibility index (Phi) is 5.51. The molecule has 0 unspecified atom stereocenters. The van der Waals surface area contributed by atoms with Crippen molar-refractivity contribution in [3.05, 3.63) is 48.0 Å². The highest BCUT2D eigenvalue weighted by Gasteiger charge is 2.25. The smallest absolute Gasteiger partial charge is 0.319 e. The highest BCUT2D eigenvalue weighted by Crippen LogP contribution is 2.34. The predicted molar refractivity (Wildman–Crippen MR) is 115 cm³/mol. The molecule has 0 spiro atoms. The molecule has 4 rings (SSSR count). The van der Waals surface area contributed by atoms with Crippen molar-refractivity contribution in [2.24, 2.45) is 0 Å². The number of ether oxygens (including phenoxy) is 2. The van der Waals surface area contributed by atoms with Crippen molar-refractivity contribution >= 4 is 17.4 Å². The molecule has 2 aliphatic heterocycles. The lowest BCUT2D eigenvalue weighted by Gasteiger charge is -2.29. The van der Waals surface area contributed by atoms with Crippen LogP contribution in [0.25, 0.3) is 0 Å². The molecular weight excluding hydrogens is 366 g/mol. The van der Waals surface area contributed by atoms with E-state index in [-0.39, 0.29) is 6.03 Å². The van der Waals surface area contributed by atoms with E-state index >= 15 is 0 Å². The van der Waals surface area contributed by atoms with Gasteiger partial charge in [0.2, 0.25) is 0 Å². The number of amides is 2. The van der Waals surface area contributed by atoms with Crippen LogP contribution < -0.4 is 25.0 Å². The SMILES string of the molecule is CC(C)(NC(=O)Nc1ccc(N2CCCCC2)cc1)c1ccc2c(c1)OCCO2. The highest BCUT2D eigenvalue weighted by molar-refractivity contribution is 5.90. The third kappa shape index (κ3) is 4.58. The van der Waals surface area contributed by atoms with Gasteiger partial charge in [0.25, 0.3) is 0 Å². The molecule has 154 valence electrons. The molecule has 6 heteroatoms. The largest absolute Gasteiger partial charge is 0.486 e. The fraction of sp³-hybridized carbons (Fsp3) is 0.435. The van der Waals surface area contributed by atoms with Crippen LogP contribution in [0.4, 0.5) is 16.2 Å². The molecule has 0 aliphatic carbocycles. The first kappa shape index (κ1) is 19.4. The first-order valence-corrected chi connectivity index (χ1v) is 10.4. The maximum atomic E-state index is 12.6. The van der Waals surface area contributed by atoms with Crippen LogP contribution in [0.2, 0.25) is 0 Å². The van der Waals surface area contributed by atoms with Crippen molar-refractivity contribution in [3.63, 3.8) is 0 Å². The van der Waals surface area contributed by atoms with E-state index in [2.05, 4.69) is 27.7 Å². The second-order valence-electron chi connectivity index (χ2n) is 8.16. The fourth-order valence-electron chi connectivity index (χ4n) is 3.86. The molecule has 1 fully saturated rings. The molecule has 6 nitrogen and oxygen atoms in total. The van der Waals surface area contributed by atoms with Crippen molar-refractivity contribution in [1.29, 1.82) is 0 Å². The zero-order chi connectivity index (χ0) is 20.3. The first-order chi connectivity index (χ1) is 14.0. The summed E-state index contributed by atoms with van der Waals surface area (Å²) in [5.74, 6) is 1.46. The quantitative estimate of drug-likeness (QED) is 0.800. The summed E-state index contributed by atoms with van der Waals surface area (Å²) in [6.07, 6.45) is 3.81. The first-order valence-electron chi connectivity index (χ1n) is 10.4. The number of anilines is 2. The summed E-state index contributed by atoms with van der Waals surface area (Å²) in [6.45, 7) is 7.26. The molecule has 0 radical (unpaired) electrons. The van der Waals surface area contributed by atoms with E-state index in [1.807, 2.05) is 44.2 Å². The number of piperidine rings is 1. The van der Waals surface area contributed by atoms with E-state index in [0.29, 0.717) is 13.2 Å². The molecule has 2 aliphatic rings. The van der Waals surface area contributed by atoms with Gasteiger partial charge in [0, 0.05) is 24.5 Å². The van der Waals surface area contributed by atoms with Gasteiger partial charge in [0.1, 0.15) is 13.2 Å². The Morgan fingerprint density at radius 3 is 2.34 bits per heavy atom. The van der Waals surface area contributed by atoms with Crippen LogP contribution in [0, 0.1) is 0 Å². The van der Waals surface area contributed by atoms with Gasteiger partial charge >= 0.3 is 6.03 Å². The van der Waals surface area contributed by atoms with Gasteiger partial charge in [0.05, 0.1) is 5.54 Å². The molecule has 2 amide bonds. The van der Waals surface area contributed by atoms with Crippen LogP contribution in [-0.4, -0.2) is 32.3 Å². The zero-order valence-electron chi connectivity index (χ0n) is 17.2. The summed E-state index contributed by atoms with van der Waals surface area (Å²) in [6, 6.07) is 13.6. The summed E-state index contributed by atoms with van der Waals surface area (Å²) in [7, 11) is 0. The number of nitrogens with zero attached hydrogens (tertiary/aromatic N) is 1. The van der Waals surface area contributed by atoms with Crippen LogP contribution >= 0.6 is 0 Å². The summed E-state index contributed by atoms with van der Waals surface area (Å²) >= 11 is 0. The Hall–Kier alpha value is -2.89. The van der Waals surface area contributed by atoms with Crippen LogP contribution in [0.5, 0.6) is 11.5 Å². The molecule has 29 heavy (non-hydrogen) atoms. The number of nitrogens with one attached hydrogen (secondary N) is 2. The molecule has 2 aromatic rings. The van der Waals surface area contributed by atoms with Crippen molar-refractivity contribution < 1.29 is 14.3 Å². The standard InChI is InChI=1S/C23H29N3O3/c1-23(2,17-6-11-20-21(16-17)29-15-14-28-20)25-22(27)24-18-7-9-19(10-8-18)26-12-4-3-5-13-26/h6-11,16H,3-5,12-15H2,1-2H3,(H2,24,25,27). The van der Waals surface area contributed by atoms with Crippen LogP contribution in [-0.2, 0) is 5.54 Å². The maximum absolute atomic E-state index is 12.6.